The number of aryl methyl sites for hydroxylation is 1. The van der Waals surface area contributed by atoms with Gasteiger partial charge in [-0.1, -0.05) is 12.1 Å². The van der Waals surface area contributed by atoms with E-state index in [-0.39, 0.29) is 0 Å². The molecule has 3 nitrogen and oxygen atoms in total. The first-order chi connectivity index (χ1) is 7.72. The molecule has 1 aliphatic heterocycles. The van der Waals surface area contributed by atoms with Crippen molar-refractivity contribution in [2.75, 3.05) is 24.7 Å². The summed E-state index contributed by atoms with van der Waals surface area (Å²) in [6.45, 7) is 7.48. The van der Waals surface area contributed by atoms with Gasteiger partial charge in [0.2, 0.25) is 0 Å². The number of hydrogen-bond donors (Lipinski definition) is 1. The van der Waals surface area contributed by atoms with Crippen LogP contribution in [0.3, 0.4) is 0 Å². The van der Waals surface area contributed by atoms with Crippen molar-refractivity contribution in [3.05, 3.63) is 29.3 Å². The highest BCUT2D eigenvalue weighted by atomic mass is 16.5. The molecule has 1 aromatic carbocycles. The quantitative estimate of drug-likeness (QED) is 0.824. The zero-order valence-electron chi connectivity index (χ0n) is 10.1. The van der Waals surface area contributed by atoms with Crippen LogP contribution in [0.5, 0.6) is 0 Å². The number of anilines is 1. The smallest absolute Gasteiger partial charge is 0.0668 e. The summed E-state index contributed by atoms with van der Waals surface area (Å²) in [6.07, 6.45) is 0. The lowest BCUT2D eigenvalue weighted by Crippen LogP contribution is -2.44. The van der Waals surface area contributed by atoms with Crippen molar-refractivity contribution in [1.82, 2.24) is 0 Å². The zero-order chi connectivity index (χ0) is 11.5. The van der Waals surface area contributed by atoms with Crippen molar-refractivity contribution in [2.45, 2.75) is 26.4 Å². The molecule has 2 N–H and O–H groups in total. The molecule has 1 aliphatic rings. The van der Waals surface area contributed by atoms with Crippen LogP contribution in [0.25, 0.3) is 0 Å². The van der Waals surface area contributed by atoms with Crippen molar-refractivity contribution in [2.24, 2.45) is 5.73 Å². The van der Waals surface area contributed by atoms with Crippen LogP contribution in [-0.4, -0.2) is 25.8 Å². The third kappa shape index (κ3) is 2.20. The van der Waals surface area contributed by atoms with Crippen LogP contribution in [0.4, 0.5) is 5.69 Å². The number of hydrogen-bond acceptors (Lipinski definition) is 3. The standard InChI is InChI=1S/C13H20N2O/c1-10-3-4-12(8-14)13(7-10)15-5-6-16-9-11(15)2/h3-4,7,11H,5-6,8-9,14H2,1-2H3. The number of morpholine rings is 1. The van der Waals surface area contributed by atoms with Gasteiger partial charge in [-0.25, -0.2) is 0 Å². The van der Waals surface area contributed by atoms with Gasteiger partial charge in [0.05, 0.1) is 13.2 Å². The number of nitrogens with zero attached hydrogens (tertiary/aromatic N) is 1. The van der Waals surface area contributed by atoms with E-state index in [0.717, 1.165) is 19.8 Å². The van der Waals surface area contributed by atoms with Crippen LogP contribution in [-0.2, 0) is 11.3 Å². The minimum atomic E-state index is 0.431. The maximum Gasteiger partial charge on any atom is 0.0668 e. The molecular weight excluding hydrogens is 200 g/mol. The van der Waals surface area contributed by atoms with Crippen LogP contribution in [0.15, 0.2) is 18.2 Å². The highest BCUT2D eigenvalue weighted by Gasteiger charge is 2.20. The van der Waals surface area contributed by atoms with E-state index in [1.54, 1.807) is 0 Å². The van der Waals surface area contributed by atoms with Crippen LogP contribution in [0.1, 0.15) is 18.1 Å². The molecule has 1 unspecified atom stereocenters. The second-order valence-corrected chi connectivity index (χ2v) is 4.45. The minimum Gasteiger partial charge on any atom is -0.377 e. The maximum absolute atomic E-state index is 5.79. The number of nitrogens with two attached hydrogens (primary N) is 1. The summed E-state index contributed by atoms with van der Waals surface area (Å²) in [6, 6.07) is 6.91. The lowest BCUT2D eigenvalue weighted by molar-refractivity contribution is 0.0988. The Labute approximate surface area is 97.2 Å². The maximum atomic E-state index is 5.79. The molecular formula is C13H20N2O. The van der Waals surface area contributed by atoms with E-state index in [1.807, 2.05) is 0 Å². The van der Waals surface area contributed by atoms with E-state index >= 15 is 0 Å². The van der Waals surface area contributed by atoms with Crippen LogP contribution in [0.2, 0.25) is 0 Å². The Bertz CT molecular complexity index is 365. The van der Waals surface area contributed by atoms with Crippen molar-refractivity contribution in [3.63, 3.8) is 0 Å². The van der Waals surface area contributed by atoms with Gasteiger partial charge in [-0.3, -0.25) is 0 Å². The molecule has 0 radical (unpaired) electrons. The first-order valence-electron chi connectivity index (χ1n) is 5.86. The Balaban J connectivity index is 2.33. The Hall–Kier alpha value is -1.06. The van der Waals surface area contributed by atoms with Crippen molar-refractivity contribution in [3.8, 4) is 0 Å². The van der Waals surface area contributed by atoms with Crippen molar-refractivity contribution in [1.29, 1.82) is 0 Å². The molecule has 1 saturated heterocycles. The minimum absolute atomic E-state index is 0.431. The fraction of sp³-hybridized carbons (Fsp3) is 0.538. The molecule has 0 bridgehead atoms. The van der Waals surface area contributed by atoms with Gasteiger partial charge in [0.1, 0.15) is 0 Å². The Morgan fingerprint density at radius 3 is 3.00 bits per heavy atom. The van der Waals surface area contributed by atoms with Gasteiger partial charge in [-0.2, -0.15) is 0 Å². The normalized spacial score (nSPS) is 21.2. The largest absolute Gasteiger partial charge is 0.377 e. The first-order valence-corrected chi connectivity index (χ1v) is 5.86. The molecule has 1 aromatic rings. The van der Waals surface area contributed by atoms with Gasteiger partial charge < -0.3 is 15.4 Å². The highest BCUT2D eigenvalue weighted by molar-refractivity contribution is 5.56. The predicted molar refractivity (Wildman–Crippen MR) is 66.7 cm³/mol. The molecule has 0 amide bonds. The Morgan fingerprint density at radius 1 is 1.50 bits per heavy atom. The molecule has 0 spiro atoms. The third-order valence-electron chi connectivity index (χ3n) is 3.14. The molecule has 1 fully saturated rings. The number of rotatable bonds is 2. The van der Waals surface area contributed by atoms with E-state index in [0.29, 0.717) is 12.6 Å². The van der Waals surface area contributed by atoms with Crippen molar-refractivity contribution >= 4 is 5.69 Å². The molecule has 2 rings (SSSR count). The average Bonchev–Trinajstić information content (AvgIpc) is 2.29. The van der Waals surface area contributed by atoms with E-state index in [1.165, 1.54) is 16.8 Å². The van der Waals surface area contributed by atoms with Crippen LogP contribution < -0.4 is 10.6 Å². The van der Waals surface area contributed by atoms with Crippen LogP contribution in [0, 0.1) is 6.92 Å². The van der Waals surface area contributed by atoms with Gasteiger partial charge in [0.25, 0.3) is 0 Å². The van der Waals surface area contributed by atoms with Gasteiger partial charge >= 0.3 is 0 Å². The fourth-order valence-electron chi connectivity index (χ4n) is 2.20. The molecule has 0 saturated carbocycles. The summed E-state index contributed by atoms with van der Waals surface area (Å²) in [7, 11) is 0. The summed E-state index contributed by atoms with van der Waals surface area (Å²) >= 11 is 0. The predicted octanol–water partition coefficient (Wildman–Crippen LogP) is 1.68. The van der Waals surface area contributed by atoms with E-state index in [4.69, 9.17) is 10.5 Å². The molecule has 0 aromatic heterocycles. The molecule has 3 heteroatoms. The summed E-state index contributed by atoms with van der Waals surface area (Å²) in [5.41, 5.74) is 9.58. The summed E-state index contributed by atoms with van der Waals surface area (Å²) in [4.78, 5) is 2.40. The van der Waals surface area contributed by atoms with E-state index in [2.05, 4.69) is 36.9 Å². The number of ether oxygens (including phenoxy) is 1. The topological polar surface area (TPSA) is 38.5 Å². The van der Waals surface area contributed by atoms with E-state index < -0.39 is 0 Å². The zero-order valence-corrected chi connectivity index (χ0v) is 10.1. The second kappa shape index (κ2) is 4.85. The SMILES string of the molecule is Cc1ccc(CN)c(N2CCOCC2C)c1. The third-order valence-corrected chi connectivity index (χ3v) is 3.14. The molecule has 16 heavy (non-hydrogen) atoms. The average molecular weight is 220 g/mol. The van der Waals surface area contributed by atoms with E-state index in [9.17, 15) is 0 Å². The lowest BCUT2D eigenvalue weighted by atomic mass is 10.1. The Morgan fingerprint density at radius 2 is 2.31 bits per heavy atom. The van der Waals surface area contributed by atoms with Gasteiger partial charge in [-0.15, -0.1) is 0 Å². The summed E-state index contributed by atoms with van der Waals surface area (Å²) < 4.78 is 5.46. The lowest BCUT2D eigenvalue weighted by Gasteiger charge is -2.36. The Kier molecular flexibility index (Phi) is 3.46. The summed E-state index contributed by atoms with van der Waals surface area (Å²) in [5.74, 6) is 0. The molecule has 0 aliphatic carbocycles. The molecule has 1 heterocycles. The van der Waals surface area contributed by atoms with Crippen molar-refractivity contribution < 1.29 is 4.74 Å². The summed E-state index contributed by atoms with van der Waals surface area (Å²) in [5, 5.41) is 0. The van der Waals surface area contributed by atoms with Crippen LogP contribution >= 0.6 is 0 Å². The number of benzene rings is 1. The fourth-order valence-corrected chi connectivity index (χ4v) is 2.20. The highest BCUT2D eigenvalue weighted by Crippen LogP contribution is 2.25. The first kappa shape index (κ1) is 11.4. The monoisotopic (exact) mass is 220 g/mol. The van der Waals surface area contributed by atoms with Gasteiger partial charge in [0.15, 0.2) is 0 Å². The molecule has 88 valence electrons. The molecule has 1 atom stereocenters. The van der Waals surface area contributed by atoms with Gasteiger partial charge in [0, 0.05) is 24.8 Å². The second-order valence-electron chi connectivity index (χ2n) is 4.45. The van der Waals surface area contributed by atoms with Gasteiger partial charge in [-0.05, 0) is 31.0 Å².